The van der Waals surface area contributed by atoms with Crippen molar-refractivity contribution < 1.29 is 9.90 Å². The monoisotopic (exact) mass is 306 g/mol. The zero-order chi connectivity index (χ0) is 16.0. The summed E-state index contributed by atoms with van der Waals surface area (Å²) >= 11 is 0. The molecule has 0 amide bonds. The van der Waals surface area contributed by atoms with Crippen LogP contribution in [0, 0.1) is 12.8 Å². The van der Waals surface area contributed by atoms with Gasteiger partial charge in [-0.3, -0.25) is 4.98 Å². The quantitative estimate of drug-likeness (QED) is 0.826. The minimum absolute atomic E-state index is 0.149. The number of aromatic carboxylic acids is 1. The summed E-state index contributed by atoms with van der Waals surface area (Å²) in [4.78, 5) is 15.8. The number of hydrogen-bond acceptors (Lipinski definition) is 3. The van der Waals surface area contributed by atoms with Crippen molar-refractivity contribution in [2.75, 3.05) is 5.32 Å². The van der Waals surface area contributed by atoms with Gasteiger partial charge in [0.1, 0.15) is 0 Å². The van der Waals surface area contributed by atoms with E-state index < -0.39 is 5.97 Å². The molecule has 1 aromatic carbocycles. The molecule has 0 bridgehead atoms. The van der Waals surface area contributed by atoms with Gasteiger partial charge in [0, 0.05) is 24.0 Å². The molecule has 0 saturated carbocycles. The van der Waals surface area contributed by atoms with Gasteiger partial charge in [0.15, 0.2) is 0 Å². The molecule has 4 heteroatoms. The Morgan fingerprint density at radius 1 is 1.26 bits per heavy atom. The molecule has 23 heavy (non-hydrogen) atoms. The number of nitrogens with zero attached hydrogens (tertiary/aromatic N) is 1. The molecule has 2 aliphatic rings. The number of hydrogen-bond donors (Lipinski definition) is 2. The van der Waals surface area contributed by atoms with Crippen LogP contribution in [0.25, 0.3) is 0 Å². The van der Waals surface area contributed by atoms with E-state index in [0.29, 0.717) is 11.5 Å². The lowest BCUT2D eigenvalue weighted by Crippen LogP contribution is -2.31. The van der Waals surface area contributed by atoms with Crippen LogP contribution in [0.4, 0.5) is 5.69 Å². The van der Waals surface area contributed by atoms with E-state index in [9.17, 15) is 9.90 Å². The normalized spacial score (nSPS) is 24.7. The average Bonchev–Trinajstić information content (AvgIpc) is 3.05. The molecule has 0 fully saturated rings. The van der Waals surface area contributed by atoms with Crippen molar-refractivity contribution in [3.05, 3.63) is 71.1 Å². The van der Waals surface area contributed by atoms with Crippen LogP contribution < -0.4 is 5.32 Å². The number of carbonyl (C=O) groups is 1. The Balaban J connectivity index is 1.89. The van der Waals surface area contributed by atoms with Crippen LogP contribution in [-0.2, 0) is 0 Å². The van der Waals surface area contributed by atoms with Crippen LogP contribution in [0.1, 0.15) is 45.4 Å². The number of benzene rings is 1. The van der Waals surface area contributed by atoms with Gasteiger partial charge < -0.3 is 10.4 Å². The predicted octanol–water partition coefficient (Wildman–Crippen LogP) is 3.91. The van der Waals surface area contributed by atoms with E-state index in [1.54, 1.807) is 6.07 Å². The minimum atomic E-state index is -0.857. The Bertz CT molecular complexity index is 799. The molecule has 116 valence electrons. The molecule has 0 radical (unpaired) electrons. The summed E-state index contributed by atoms with van der Waals surface area (Å²) in [5.74, 6) is -0.371. The SMILES string of the molecule is Cc1ccc(C(=O)O)c2c1N[C@H](c1ccncc1)[C@H]1CC=C[C@H]21. The summed E-state index contributed by atoms with van der Waals surface area (Å²) in [5, 5.41) is 13.2. The highest BCUT2D eigenvalue weighted by Crippen LogP contribution is 2.51. The number of aryl methyl sites for hydroxylation is 1. The summed E-state index contributed by atoms with van der Waals surface area (Å²) in [7, 11) is 0. The van der Waals surface area contributed by atoms with Gasteiger partial charge in [0.25, 0.3) is 0 Å². The third kappa shape index (κ3) is 2.13. The number of carboxylic acid groups (broad SMARTS) is 1. The van der Waals surface area contributed by atoms with Gasteiger partial charge in [0.05, 0.1) is 11.6 Å². The number of fused-ring (bicyclic) bond motifs is 3. The van der Waals surface area contributed by atoms with E-state index >= 15 is 0 Å². The maximum atomic E-state index is 11.7. The zero-order valence-corrected chi connectivity index (χ0v) is 12.9. The Kier molecular flexibility index (Phi) is 3.18. The van der Waals surface area contributed by atoms with Crippen molar-refractivity contribution in [2.45, 2.75) is 25.3 Å². The van der Waals surface area contributed by atoms with Gasteiger partial charge in [-0.05, 0) is 54.2 Å². The van der Waals surface area contributed by atoms with E-state index in [2.05, 4.69) is 22.5 Å². The van der Waals surface area contributed by atoms with E-state index in [4.69, 9.17) is 0 Å². The molecule has 2 N–H and O–H groups in total. The fourth-order valence-electron chi connectivity index (χ4n) is 3.94. The number of rotatable bonds is 2. The van der Waals surface area contributed by atoms with Crippen LogP contribution in [0.2, 0.25) is 0 Å². The molecule has 0 saturated heterocycles. The number of nitrogens with one attached hydrogen (secondary N) is 1. The fourth-order valence-corrected chi connectivity index (χ4v) is 3.94. The highest BCUT2D eigenvalue weighted by Gasteiger charge is 2.40. The first kappa shape index (κ1) is 14.0. The Morgan fingerprint density at radius 3 is 2.78 bits per heavy atom. The number of allylic oxidation sites excluding steroid dienone is 2. The fraction of sp³-hybridized carbons (Fsp3) is 0.263. The van der Waals surface area contributed by atoms with E-state index in [-0.39, 0.29) is 12.0 Å². The van der Waals surface area contributed by atoms with Gasteiger partial charge in [0.2, 0.25) is 0 Å². The lowest BCUT2D eigenvalue weighted by atomic mass is 9.75. The summed E-state index contributed by atoms with van der Waals surface area (Å²) in [6.45, 7) is 2.03. The average molecular weight is 306 g/mol. The standard InChI is InChI=1S/C19H18N2O2/c1-11-5-6-15(19(22)23)16-13-3-2-4-14(13)18(21-17(11)16)12-7-9-20-10-8-12/h2-3,5-10,13-14,18,21H,4H2,1H3,(H,22,23)/t13-,14-,18+/m0/s1. The van der Waals surface area contributed by atoms with Crippen molar-refractivity contribution >= 4 is 11.7 Å². The van der Waals surface area contributed by atoms with E-state index in [1.165, 1.54) is 5.56 Å². The summed E-state index contributed by atoms with van der Waals surface area (Å²) in [6, 6.07) is 7.86. The molecular weight excluding hydrogens is 288 g/mol. The molecule has 2 heterocycles. The first-order chi connectivity index (χ1) is 11.2. The smallest absolute Gasteiger partial charge is 0.336 e. The third-order valence-electron chi connectivity index (χ3n) is 5.02. The van der Waals surface area contributed by atoms with Crippen LogP contribution in [0.3, 0.4) is 0 Å². The topological polar surface area (TPSA) is 62.2 Å². The number of anilines is 1. The summed E-state index contributed by atoms with van der Waals surface area (Å²) < 4.78 is 0. The number of aromatic nitrogens is 1. The Morgan fingerprint density at radius 2 is 2.04 bits per heavy atom. The molecule has 4 rings (SSSR count). The van der Waals surface area contributed by atoms with Crippen molar-refractivity contribution in [1.29, 1.82) is 0 Å². The zero-order valence-electron chi connectivity index (χ0n) is 12.9. The van der Waals surface area contributed by atoms with Crippen molar-refractivity contribution in [3.8, 4) is 0 Å². The highest BCUT2D eigenvalue weighted by molar-refractivity contribution is 5.93. The maximum absolute atomic E-state index is 11.7. The first-order valence-corrected chi connectivity index (χ1v) is 7.86. The summed E-state index contributed by atoms with van der Waals surface area (Å²) in [5.41, 5.74) is 4.60. The molecule has 0 unspecified atom stereocenters. The third-order valence-corrected chi connectivity index (χ3v) is 5.02. The number of carboxylic acids is 1. The first-order valence-electron chi connectivity index (χ1n) is 7.86. The Hall–Kier alpha value is -2.62. The van der Waals surface area contributed by atoms with Gasteiger partial charge in [-0.15, -0.1) is 0 Å². The van der Waals surface area contributed by atoms with Crippen LogP contribution in [0.15, 0.2) is 48.8 Å². The number of pyridine rings is 1. The lowest BCUT2D eigenvalue weighted by Gasteiger charge is -2.39. The van der Waals surface area contributed by atoms with Gasteiger partial charge in [-0.25, -0.2) is 4.79 Å². The lowest BCUT2D eigenvalue weighted by molar-refractivity contribution is 0.0695. The summed E-state index contributed by atoms with van der Waals surface area (Å²) in [6.07, 6.45) is 8.92. The Labute approximate surface area is 134 Å². The maximum Gasteiger partial charge on any atom is 0.336 e. The second kappa shape index (κ2) is 5.23. The molecule has 2 aromatic rings. The molecule has 1 aromatic heterocycles. The van der Waals surface area contributed by atoms with Crippen molar-refractivity contribution in [3.63, 3.8) is 0 Å². The van der Waals surface area contributed by atoms with Crippen LogP contribution in [0.5, 0.6) is 0 Å². The molecule has 1 aliphatic heterocycles. The van der Waals surface area contributed by atoms with E-state index in [1.807, 2.05) is 37.5 Å². The molecule has 4 nitrogen and oxygen atoms in total. The van der Waals surface area contributed by atoms with Crippen molar-refractivity contribution in [2.24, 2.45) is 5.92 Å². The van der Waals surface area contributed by atoms with Gasteiger partial charge in [-0.1, -0.05) is 18.2 Å². The van der Waals surface area contributed by atoms with Gasteiger partial charge in [-0.2, -0.15) is 0 Å². The second-order valence-electron chi connectivity index (χ2n) is 6.28. The largest absolute Gasteiger partial charge is 0.478 e. The van der Waals surface area contributed by atoms with Crippen molar-refractivity contribution in [1.82, 2.24) is 4.98 Å². The predicted molar refractivity (Wildman–Crippen MR) is 88.7 cm³/mol. The van der Waals surface area contributed by atoms with Crippen LogP contribution >= 0.6 is 0 Å². The molecular formula is C19H18N2O2. The van der Waals surface area contributed by atoms with Gasteiger partial charge >= 0.3 is 5.97 Å². The molecule has 3 atom stereocenters. The van der Waals surface area contributed by atoms with E-state index in [0.717, 1.165) is 23.2 Å². The van der Waals surface area contributed by atoms with Crippen LogP contribution in [-0.4, -0.2) is 16.1 Å². The molecule has 0 spiro atoms. The highest BCUT2D eigenvalue weighted by atomic mass is 16.4. The molecule has 1 aliphatic carbocycles. The second-order valence-corrected chi connectivity index (χ2v) is 6.28. The minimum Gasteiger partial charge on any atom is -0.478 e.